The van der Waals surface area contributed by atoms with Gasteiger partial charge in [0.05, 0.1) is 24.4 Å². The van der Waals surface area contributed by atoms with Gasteiger partial charge in [0.25, 0.3) is 14.2 Å². The van der Waals surface area contributed by atoms with E-state index in [-0.39, 0.29) is 11.9 Å². The van der Waals surface area contributed by atoms with Crippen LogP contribution in [-0.2, 0) is 0 Å². The molecule has 1 atom stereocenters. The van der Waals surface area contributed by atoms with Crippen molar-refractivity contribution >= 4 is 31.7 Å². The van der Waals surface area contributed by atoms with E-state index in [9.17, 15) is 4.79 Å². The fourth-order valence-corrected chi connectivity index (χ4v) is 11.1. The highest BCUT2D eigenvalue weighted by molar-refractivity contribution is 6.78. The molecule has 2 aromatic carbocycles. The second kappa shape index (κ2) is 9.65. The molecule has 6 heteroatoms. The first-order chi connectivity index (χ1) is 16.6. The van der Waals surface area contributed by atoms with E-state index in [4.69, 9.17) is 14.2 Å². The van der Waals surface area contributed by atoms with E-state index < -0.39 is 8.32 Å². The molecule has 2 aliphatic heterocycles. The molecule has 0 saturated carbocycles. The van der Waals surface area contributed by atoms with Crippen molar-refractivity contribution in [2.75, 3.05) is 7.11 Å². The SMILES string of the molecule is COc1cc2c(cc1O[Si](C(C)C)(C(C)C)C(C)C)N=C[C@@H]1CC(c3ccc(C)cc3)=CN1C2=O. The van der Waals surface area contributed by atoms with Crippen molar-refractivity contribution in [3.05, 3.63) is 59.3 Å². The zero-order valence-electron chi connectivity index (χ0n) is 22.3. The van der Waals surface area contributed by atoms with Crippen LogP contribution in [0.15, 0.2) is 47.6 Å². The molecule has 2 aliphatic rings. The first kappa shape index (κ1) is 25.2. The second-order valence-electron chi connectivity index (χ2n) is 10.7. The maximum Gasteiger partial charge on any atom is 0.260 e. The minimum absolute atomic E-state index is 0.0606. The van der Waals surface area contributed by atoms with Gasteiger partial charge in [0.15, 0.2) is 5.75 Å². The van der Waals surface area contributed by atoms with Gasteiger partial charge in [-0.2, -0.15) is 0 Å². The number of aryl methyl sites for hydroxylation is 1. The Bertz CT molecular complexity index is 1140. The van der Waals surface area contributed by atoms with Crippen molar-refractivity contribution < 1.29 is 14.0 Å². The summed E-state index contributed by atoms with van der Waals surface area (Å²) in [6.07, 6.45) is 4.62. The van der Waals surface area contributed by atoms with Crippen LogP contribution < -0.4 is 9.16 Å². The van der Waals surface area contributed by atoms with Gasteiger partial charge in [-0.05, 0) is 40.8 Å². The number of benzene rings is 2. The number of methoxy groups -OCH3 is 1. The lowest BCUT2D eigenvalue weighted by Crippen LogP contribution is -2.50. The third-order valence-corrected chi connectivity index (χ3v) is 13.6. The molecule has 0 fully saturated rings. The molecule has 4 rings (SSSR count). The Kier molecular flexibility index (Phi) is 6.96. The van der Waals surface area contributed by atoms with Gasteiger partial charge in [0.2, 0.25) is 0 Å². The van der Waals surface area contributed by atoms with Crippen molar-refractivity contribution in [2.45, 2.75) is 77.6 Å². The molecular weight excluding hydrogens is 452 g/mol. The van der Waals surface area contributed by atoms with E-state index >= 15 is 0 Å². The minimum atomic E-state index is -2.20. The van der Waals surface area contributed by atoms with Gasteiger partial charge < -0.3 is 14.1 Å². The molecule has 0 saturated heterocycles. The Morgan fingerprint density at radius 3 is 2.17 bits per heavy atom. The minimum Gasteiger partial charge on any atom is -0.540 e. The second-order valence-corrected chi connectivity index (χ2v) is 16.1. The monoisotopic (exact) mass is 490 g/mol. The van der Waals surface area contributed by atoms with Gasteiger partial charge in [-0.1, -0.05) is 71.4 Å². The molecule has 0 aliphatic carbocycles. The Balaban J connectivity index is 1.72. The van der Waals surface area contributed by atoms with Crippen LogP contribution in [0.2, 0.25) is 16.6 Å². The van der Waals surface area contributed by atoms with E-state index in [0.29, 0.717) is 39.4 Å². The maximum atomic E-state index is 13.7. The number of fused-ring (bicyclic) bond motifs is 2. The van der Waals surface area contributed by atoms with Gasteiger partial charge in [-0.15, -0.1) is 0 Å². The van der Waals surface area contributed by atoms with E-state index in [0.717, 1.165) is 17.6 Å². The van der Waals surface area contributed by atoms with Crippen LogP contribution in [0.25, 0.3) is 5.57 Å². The number of carbonyl (C=O) groups excluding carboxylic acids is 1. The number of amides is 1. The highest BCUT2D eigenvalue weighted by atomic mass is 28.4. The summed E-state index contributed by atoms with van der Waals surface area (Å²) in [5, 5.41) is 0. The summed E-state index contributed by atoms with van der Waals surface area (Å²) >= 11 is 0. The van der Waals surface area contributed by atoms with Crippen molar-refractivity contribution in [3.8, 4) is 11.5 Å². The Hall–Kier alpha value is -2.86. The highest BCUT2D eigenvalue weighted by Crippen LogP contribution is 2.47. The van der Waals surface area contributed by atoms with E-state index in [2.05, 4.69) is 72.7 Å². The molecule has 35 heavy (non-hydrogen) atoms. The lowest BCUT2D eigenvalue weighted by atomic mass is 10.0. The molecule has 2 aromatic rings. The van der Waals surface area contributed by atoms with Crippen molar-refractivity contribution in [1.29, 1.82) is 0 Å². The Morgan fingerprint density at radius 1 is 0.971 bits per heavy atom. The molecular formula is C29H38N2O3Si. The van der Waals surface area contributed by atoms with Crippen LogP contribution in [0.1, 0.15) is 69.4 Å². The van der Waals surface area contributed by atoms with Crippen molar-refractivity contribution in [2.24, 2.45) is 4.99 Å². The largest absolute Gasteiger partial charge is 0.540 e. The fraction of sp³-hybridized carbons (Fsp3) is 0.448. The lowest BCUT2D eigenvalue weighted by molar-refractivity contribution is 0.0817. The quantitative estimate of drug-likeness (QED) is 0.377. The van der Waals surface area contributed by atoms with Crippen LogP contribution in [0.5, 0.6) is 11.5 Å². The summed E-state index contributed by atoms with van der Waals surface area (Å²) in [4.78, 5) is 20.2. The number of hydrogen-bond donors (Lipinski definition) is 0. The summed E-state index contributed by atoms with van der Waals surface area (Å²) in [5.41, 5.74) is 5.96. The predicted octanol–water partition coefficient (Wildman–Crippen LogP) is 7.53. The normalized spacial score (nSPS) is 17.6. The first-order valence-corrected chi connectivity index (χ1v) is 14.8. The number of hydrogen-bond acceptors (Lipinski definition) is 4. The van der Waals surface area contributed by atoms with Gasteiger partial charge in [0.1, 0.15) is 5.75 Å². The van der Waals surface area contributed by atoms with Gasteiger partial charge in [-0.3, -0.25) is 9.79 Å². The molecule has 5 nitrogen and oxygen atoms in total. The lowest BCUT2D eigenvalue weighted by Gasteiger charge is -2.42. The number of rotatable bonds is 7. The molecule has 1 amide bonds. The summed E-state index contributed by atoms with van der Waals surface area (Å²) in [5.74, 6) is 1.22. The van der Waals surface area contributed by atoms with Crippen LogP contribution in [-0.4, -0.2) is 38.5 Å². The third kappa shape index (κ3) is 4.44. The molecule has 0 N–H and O–H groups in total. The number of ether oxygens (including phenoxy) is 1. The van der Waals surface area contributed by atoms with Gasteiger partial charge in [0, 0.05) is 24.9 Å². The van der Waals surface area contributed by atoms with E-state index in [1.165, 1.54) is 5.56 Å². The molecule has 2 heterocycles. The Labute approximate surface area is 211 Å². The average Bonchev–Trinajstić information content (AvgIpc) is 3.19. The highest BCUT2D eigenvalue weighted by Gasteiger charge is 2.47. The molecule has 0 unspecified atom stereocenters. The standard InChI is InChI=1S/C29H38N2O3Si/c1-18(2)35(19(3)4,20(5)6)34-28-15-26-25(14-27(28)33-8)29(32)31-17-23(13-24(31)16-30-26)22-11-9-21(7)10-12-22/h9-12,14-20,24H,13H2,1-8H3/t24-/m0/s1. The van der Waals surface area contributed by atoms with Crippen LogP contribution >= 0.6 is 0 Å². The van der Waals surface area contributed by atoms with Crippen molar-refractivity contribution in [1.82, 2.24) is 4.90 Å². The smallest absolute Gasteiger partial charge is 0.260 e. The molecule has 0 spiro atoms. The van der Waals surface area contributed by atoms with Gasteiger partial charge >= 0.3 is 0 Å². The van der Waals surface area contributed by atoms with Crippen molar-refractivity contribution in [3.63, 3.8) is 0 Å². The third-order valence-electron chi connectivity index (χ3n) is 7.63. The first-order valence-electron chi connectivity index (χ1n) is 12.6. The van der Waals surface area contributed by atoms with Crippen LogP contribution in [0, 0.1) is 6.92 Å². The van der Waals surface area contributed by atoms with Gasteiger partial charge in [-0.25, -0.2) is 0 Å². The summed E-state index contributed by atoms with van der Waals surface area (Å²) in [6, 6.07) is 12.1. The molecule has 0 radical (unpaired) electrons. The Morgan fingerprint density at radius 2 is 1.60 bits per heavy atom. The summed E-state index contributed by atoms with van der Waals surface area (Å²) in [7, 11) is -0.566. The molecule has 0 aromatic heterocycles. The van der Waals surface area contributed by atoms with Crippen LogP contribution in [0.4, 0.5) is 5.69 Å². The van der Waals surface area contributed by atoms with Crippen LogP contribution in [0.3, 0.4) is 0 Å². The predicted molar refractivity (Wildman–Crippen MR) is 147 cm³/mol. The summed E-state index contributed by atoms with van der Waals surface area (Å²) in [6.45, 7) is 15.6. The molecule has 186 valence electrons. The number of aliphatic imine (C=N–C) groups is 1. The number of carbonyl (C=O) groups is 1. The number of nitrogens with zero attached hydrogens (tertiary/aromatic N) is 2. The van der Waals surface area contributed by atoms with E-state index in [1.807, 2.05) is 24.5 Å². The zero-order valence-corrected chi connectivity index (χ0v) is 23.3. The van der Waals surface area contributed by atoms with E-state index in [1.54, 1.807) is 12.0 Å². The average molecular weight is 491 g/mol. The zero-order chi connectivity index (χ0) is 25.5. The topological polar surface area (TPSA) is 51.1 Å². The summed E-state index contributed by atoms with van der Waals surface area (Å²) < 4.78 is 12.7. The fourth-order valence-electron chi connectivity index (χ4n) is 5.85. The maximum absolute atomic E-state index is 13.7. The molecule has 0 bridgehead atoms.